The van der Waals surface area contributed by atoms with Crippen molar-refractivity contribution in [3.63, 3.8) is 0 Å². The minimum Gasteiger partial charge on any atom is -0.447 e. The second kappa shape index (κ2) is 9.71. The molecule has 0 spiro atoms. The van der Waals surface area contributed by atoms with Crippen molar-refractivity contribution in [1.82, 2.24) is 24.6 Å². The fourth-order valence-electron chi connectivity index (χ4n) is 3.95. The normalized spacial score (nSPS) is 13.3. The molecular weight excluding hydrogens is 462 g/mol. The van der Waals surface area contributed by atoms with E-state index in [1.807, 2.05) is 34.9 Å². The van der Waals surface area contributed by atoms with Gasteiger partial charge in [-0.2, -0.15) is 0 Å². The summed E-state index contributed by atoms with van der Waals surface area (Å²) >= 11 is 1.23. The summed E-state index contributed by atoms with van der Waals surface area (Å²) < 4.78 is 6.79. The maximum atomic E-state index is 12.5. The lowest BCUT2D eigenvalue weighted by Crippen LogP contribution is -2.33. The van der Waals surface area contributed by atoms with Crippen LogP contribution in [0.15, 0.2) is 72.4 Å². The zero-order valence-corrected chi connectivity index (χ0v) is 20.0. The van der Waals surface area contributed by atoms with Gasteiger partial charge < -0.3 is 4.74 Å². The Morgan fingerprint density at radius 1 is 1.17 bits per heavy atom. The highest BCUT2D eigenvalue weighted by molar-refractivity contribution is 7.99. The second-order valence-corrected chi connectivity index (χ2v) is 9.03. The fraction of sp³-hybridized carbons (Fsp3) is 0.192. The fourth-order valence-corrected chi connectivity index (χ4v) is 4.77. The number of allylic oxidation sites excluding steroid dienone is 1. The van der Waals surface area contributed by atoms with Gasteiger partial charge in [-0.15, -0.1) is 16.8 Å². The molecule has 2 amide bonds. The Bertz CT molecular complexity index is 1430. The minimum absolute atomic E-state index is 0.0517. The Kier molecular flexibility index (Phi) is 6.33. The zero-order chi connectivity index (χ0) is 24.4. The molecule has 2 aromatic heterocycles. The summed E-state index contributed by atoms with van der Waals surface area (Å²) in [5.74, 6) is 0.395. The highest BCUT2D eigenvalue weighted by atomic mass is 32.2. The van der Waals surface area contributed by atoms with Crippen LogP contribution in [0.2, 0.25) is 0 Å². The molecule has 0 saturated carbocycles. The number of ether oxygens (including phenoxy) is 1. The highest BCUT2D eigenvalue weighted by Gasteiger charge is 2.29. The first-order valence-corrected chi connectivity index (χ1v) is 12.1. The Labute approximate surface area is 206 Å². The molecule has 5 rings (SSSR count). The number of fused-ring (bicyclic) bond motifs is 1. The first-order valence-electron chi connectivity index (χ1n) is 11.2. The Hall–Kier alpha value is -3.98. The molecule has 0 unspecified atom stereocenters. The average molecular weight is 486 g/mol. The van der Waals surface area contributed by atoms with Crippen molar-refractivity contribution in [2.45, 2.75) is 18.6 Å². The summed E-state index contributed by atoms with van der Waals surface area (Å²) in [4.78, 5) is 30.2. The number of amides is 2. The zero-order valence-electron chi connectivity index (χ0n) is 19.2. The van der Waals surface area contributed by atoms with Crippen molar-refractivity contribution >= 4 is 34.7 Å². The van der Waals surface area contributed by atoms with Crippen molar-refractivity contribution in [3.8, 4) is 22.6 Å². The predicted octanol–water partition coefficient (Wildman–Crippen LogP) is 4.73. The Morgan fingerprint density at radius 3 is 2.71 bits per heavy atom. The van der Waals surface area contributed by atoms with Gasteiger partial charge in [-0.3, -0.25) is 9.36 Å². The van der Waals surface area contributed by atoms with E-state index < -0.39 is 6.09 Å². The third-order valence-electron chi connectivity index (χ3n) is 5.72. The number of aryl methyl sites for hydroxylation is 1. The summed E-state index contributed by atoms with van der Waals surface area (Å²) in [6.07, 6.45) is 1.16. The summed E-state index contributed by atoms with van der Waals surface area (Å²) in [7, 11) is 0. The number of aromatic nitrogens is 4. The van der Waals surface area contributed by atoms with Crippen molar-refractivity contribution in [3.05, 3.63) is 72.8 Å². The second-order valence-electron chi connectivity index (χ2n) is 8.09. The molecule has 9 heteroatoms. The van der Waals surface area contributed by atoms with E-state index in [4.69, 9.17) is 9.72 Å². The number of carbonyl (C=O) groups is 2. The van der Waals surface area contributed by atoms with Gasteiger partial charge in [0, 0.05) is 23.1 Å². The molecule has 0 bridgehead atoms. The lowest BCUT2D eigenvalue weighted by molar-refractivity contribution is -0.125. The van der Waals surface area contributed by atoms with E-state index in [1.54, 1.807) is 6.08 Å². The maximum Gasteiger partial charge on any atom is 0.416 e. The monoisotopic (exact) mass is 485 g/mol. The number of imide groups is 1. The molecular formula is C26H23N5O3S. The summed E-state index contributed by atoms with van der Waals surface area (Å²) in [6, 6.07) is 18.2. The van der Waals surface area contributed by atoms with Gasteiger partial charge >= 0.3 is 6.09 Å². The number of cyclic esters (lactones) is 1. The molecule has 35 heavy (non-hydrogen) atoms. The number of carbonyl (C=O) groups excluding carboxylic acids is 2. The molecule has 0 atom stereocenters. The van der Waals surface area contributed by atoms with E-state index in [1.165, 1.54) is 17.3 Å². The molecule has 8 nitrogen and oxygen atoms in total. The Balaban J connectivity index is 1.54. The summed E-state index contributed by atoms with van der Waals surface area (Å²) in [5.41, 5.74) is 4.77. The number of rotatable bonds is 7. The van der Waals surface area contributed by atoms with Gasteiger partial charge in [0.15, 0.2) is 11.0 Å². The molecule has 176 valence electrons. The maximum absolute atomic E-state index is 12.5. The number of pyridine rings is 1. The average Bonchev–Trinajstić information content (AvgIpc) is 3.48. The van der Waals surface area contributed by atoms with Crippen LogP contribution in [-0.2, 0) is 16.1 Å². The lowest BCUT2D eigenvalue weighted by Gasteiger charge is -2.13. The SMILES string of the molecule is C=CCn1c(SCC(=O)N2CCOC2=O)nnc1-c1cc(-c2ccc(C)cc2)nc2ccccc12. The van der Waals surface area contributed by atoms with Gasteiger partial charge in [-0.05, 0) is 19.1 Å². The van der Waals surface area contributed by atoms with Gasteiger partial charge in [-0.1, -0.05) is 65.9 Å². The number of nitrogens with zero attached hydrogens (tertiary/aromatic N) is 5. The standard InChI is InChI=1S/C26H23N5O3S/c1-3-12-31-24(28-29-25(31)35-16-23(32)30-13-14-34-26(30)33)20-15-22(18-10-8-17(2)9-11-18)27-21-7-5-4-6-19(20)21/h3-11,15H,1,12-14,16H2,2H3. The number of benzene rings is 2. The smallest absolute Gasteiger partial charge is 0.416 e. The molecule has 0 radical (unpaired) electrons. The van der Waals surface area contributed by atoms with E-state index >= 15 is 0 Å². The van der Waals surface area contributed by atoms with Crippen LogP contribution in [-0.4, -0.2) is 55.6 Å². The van der Waals surface area contributed by atoms with Gasteiger partial charge in [0.25, 0.3) is 0 Å². The summed E-state index contributed by atoms with van der Waals surface area (Å²) in [6.45, 7) is 6.89. The molecule has 1 fully saturated rings. The number of thioether (sulfide) groups is 1. The number of para-hydroxylation sites is 1. The topological polar surface area (TPSA) is 90.2 Å². The van der Waals surface area contributed by atoms with Crippen molar-refractivity contribution in [2.75, 3.05) is 18.9 Å². The summed E-state index contributed by atoms with van der Waals surface area (Å²) in [5, 5.41) is 10.4. The van der Waals surface area contributed by atoms with Gasteiger partial charge in [0.2, 0.25) is 5.91 Å². The molecule has 1 saturated heterocycles. The molecule has 1 aliphatic rings. The van der Waals surface area contributed by atoms with Crippen molar-refractivity contribution < 1.29 is 14.3 Å². The van der Waals surface area contributed by atoms with Gasteiger partial charge in [0.1, 0.15) is 6.61 Å². The first kappa shape index (κ1) is 22.8. The first-order chi connectivity index (χ1) is 17.0. The quantitative estimate of drug-likeness (QED) is 0.276. The molecule has 1 aliphatic heterocycles. The molecule has 3 heterocycles. The molecule has 0 aliphatic carbocycles. The molecule has 0 N–H and O–H groups in total. The molecule has 4 aromatic rings. The van der Waals surface area contributed by atoms with Crippen LogP contribution in [0.1, 0.15) is 5.56 Å². The third-order valence-corrected chi connectivity index (χ3v) is 6.67. The molecule has 2 aromatic carbocycles. The Morgan fingerprint density at radius 2 is 1.97 bits per heavy atom. The largest absolute Gasteiger partial charge is 0.447 e. The van der Waals surface area contributed by atoms with Crippen LogP contribution < -0.4 is 0 Å². The van der Waals surface area contributed by atoms with Crippen molar-refractivity contribution in [1.29, 1.82) is 0 Å². The number of hydrogen-bond acceptors (Lipinski definition) is 7. The van der Waals surface area contributed by atoms with E-state index in [0.29, 0.717) is 17.5 Å². The van der Waals surface area contributed by atoms with E-state index in [0.717, 1.165) is 32.6 Å². The number of hydrogen-bond donors (Lipinski definition) is 0. The minimum atomic E-state index is -0.601. The highest BCUT2D eigenvalue weighted by Crippen LogP contribution is 2.33. The van der Waals surface area contributed by atoms with Crippen LogP contribution in [0.3, 0.4) is 0 Å². The lowest BCUT2D eigenvalue weighted by atomic mass is 10.0. The van der Waals surface area contributed by atoms with E-state index in [2.05, 4.69) is 48.0 Å². The van der Waals surface area contributed by atoms with Crippen LogP contribution >= 0.6 is 11.8 Å². The van der Waals surface area contributed by atoms with E-state index in [-0.39, 0.29) is 24.8 Å². The predicted molar refractivity (Wildman–Crippen MR) is 135 cm³/mol. The van der Waals surface area contributed by atoms with Crippen LogP contribution in [0.4, 0.5) is 4.79 Å². The van der Waals surface area contributed by atoms with Crippen LogP contribution in [0.5, 0.6) is 0 Å². The van der Waals surface area contributed by atoms with Crippen LogP contribution in [0.25, 0.3) is 33.5 Å². The van der Waals surface area contributed by atoms with E-state index in [9.17, 15) is 9.59 Å². The van der Waals surface area contributed by atoms with Crippen LogP contribution in [0, 0.1) is 6.92 Å². The van der Waals surface area contributed by atoms with Crippen molar-refractivity contribution in [2.24, 2.45) is 0 Å². The third kappa shape index (κ3) is 4.54. The van der Waals surface area contributed by atoms with Gasteiger partial charge in [-0.25, -0.2) is 14.7 Å². The van der Waals surface area contributed by atoms with Gasteiger partial charge in [0.05, 0.1) is 23.5 Å².